The van der Waals surface area contributed by atoms with Gasteiger partial charge in [-0.15, -0.1) is 0 Å². The summed E-state index contributed by atoms with van der Waals surface area (Å²) in [6.45, 7) is 0. The van der Waals surface area contributed by atoms with Crippen molar-refractivity contribution >= 4 is 22.9 Å². The average Bonchev–Trinajstić information content (AvgIpc) is 3.23. The number of carbonyl (C=O) groups is 1. The topological polar surface area (TPSA) is 132 Å². The summed E-state index contributed by atoms with van der Waals surface area (Å²) in [4.78, 5) is 24.7. The van der Waals surface area contributed by atoms with Crippen LogP contribution in [0.5, 0.6) is 0 Å². The van der Waals surface area contributed by atoms with Gasteiger partial charge in [-0.1, -0.05) is 48.5 Å². The monoisotopic (exact) mass is 469 g/mol. The number of nitrogens with two attached hydrogens (primary N) is 1. The number of hydrogen-bond acceptors (Lipinski definition) is 6. The molecule has 1 unspecified atom stereocenters. The molecule has 2 aromatic carbocycles. The Balaban J connectivity index is 1.56. The Bertz CT molecular complexity index is 1520. The number of nitrogens with one attached hydrogen (secondary N) is 1. The zero-order chi connectivity index (χ0) is 24.4. The molecule has 0 bridgehead atoms. The number of pyridine rings is 1. The molecule has 0 radical (unpaired) electrons. The van der Waals surface area contributed by atoms with Crippen LogP contribution in [0.25, 0.3) is 17.0 Å². The molecule has 0 aliphatic rings. The van der Waals surface area contributed by atoms with Gasteiger partial charge in [0.2, 0.25) is 0 Å². The van der Waals surface area contributed by atoms with E-state index in [2.05, 4.69) is 25.4 Å². The highest BCUT2D eigenvalue weighted by Crippen LogP contribution is 2.27. The number of carboxylic acid groups (broad SMARTS) is 1. The summed E-state index contributed by atoms with van der Waals surface area (Å²) in [5.41, 5.74) is 9.66. The van der Waals surface area contributed by atoms with Crippen molar-refractivity contribution in [2.75, 3.05) is 5.73 Å². The first-order valence-corrected chi connectivity index (χ1v) is 10.7. The Morgan fingerprint density at radius 1 is 1.06 bits per heavy atom. The molecule has 0 fully saturated rings. The number of hydrogen-bond donors (Lipinski definition) is 3. The van der Waals surface area contributed by atoms with Crippen molar-refractivity contribution in [1.29, 1.82) is 0 Å². The summed E-state index contributed by atoms with van der Waals surface area (Å²) in [5.74, 6) is -0.0409. The Morgan fingerprint density at radius 3 is 2.57 bits per heavy atom. The number of amides is 1. The lowest BCUT2D eigenvalue weighted by Crippen LogP contribution is -2.28. The molecule has 9 nitrogen and oxygen atoms in total. The van der Waals surface area contributed by atoms with Gasteiger partial charge in [0.25, 0.3) is 5.95 Å². The highest BCUT2D eigenvalue weighted by molar-refractivity contribution is 5.79. The van der Waals surface area contributed by atoms with Crippen LogP contribution >= 0.6 is 0 Å². The van der Waals surface area contributed by atoms with E-state index < -0.39 is 12.1 Å². The summed E-state index contributed by atoms with van der Waals surface area (Å²) >= 11 is 0. The molecule has 3 heterocycles. The van der Waals surface area contributed by atoms with Crippen molar-refractivity contribution in [3.8, 4) is 5.95 Å². The van der Waals surface area contributed by atoms with Crippen LogP contribution in [-0.4, -0.2) is 35.9 Å². The van der Waals surface area contributed by atoms with Crippen molar-refractivity contribution in [2.45, 2.75) is 12.5 Å². The quantitative estimate of drug-likeness (QED) is 0.344. The lowest BCUT2D eigenvalue weighted by atomic mass is 10.0. The first-order valence-electron chi connectivity index (χ1n) is 10.7. The van der Waals surface area contributed by atoms with Gasteiger partial charge >= 0.3 is 6.09 Å². The van der Waals surface area contributed by atoms with Gasteiger partial charge in [-0.3, -0.25) is 4.98 Å². The summed E-state index contributed by atoms with van der Waals surface area (Å²) in [6, 6.07) is 18.3. The Hall–Kier alpha value is -4.86. The number of aromatic nitrogens is 5. The molecule has 3 aromatic heterocycles. The predicted molar refractivity (Wildman–Crippen MR) is 128 cm³/mol. The van der Waals surface area contributed by atoms with Crippen molar-refractivity contribution in [2.24, 2.45) is 0 Å². The van der Waals surface area contributed by atoms with Crippen LogP contribution in [0, 0.1) is 5.82 Å². The first kappa shape index (κ1) is 22.0. The van der Waals surface area contributed by atoms with Gasteiger partial charge < -0.3 is 16.2 Å². The van der Waals surface area contributed by atoms with E-state index in [-0.39, 0.29) is 24.0 Å². The largest absolute Gasteiger partial charge is 0.465 e. The van der Waals surface area contributed by atoms with Gasteiger partial charge in [0, 0.05) is 24.4 Å². The van der Waals surface area contributed by atoms with Crippen LogP contribution in [0.15, 0.2) is 79.1 Å². The van der Waals surface area contributed by atoms with Gasteiger partial charge in [-0.05, 0) is 29.3 Å². The third kappa shape index (κ3) is 4.36. The number of benzene rings is 2. The molecule has 1 atom stereocenters. The normalized spacial score (nSPS) is 11.9. The SMILES string of the molecule is Nc1nc(-n2nc(Cc3ccccc3F)c3ncccc32)ncc1C(NC(=O)O)c1ccccc1. The fraction of sp³-hybridized carbons (Fsp3) is 0.0800. The molecule has 0 aliphatic carbocycles. The summed E-state index contributed by atoms with van der Waals surface area (Å²) in [5, 5.41) is 16.4. The molecule has 5 aromatic rings. The van der Waals surface area contributed by atoms with Gasteiger partial charge in [0.1, 0.15) is 17.2 Å². The maximum atomic E-state index is 14.3. The van der Waals surface area contributed by atoms with Crippen molar-refractivity contribution in [3.05, 3.63) is 107 Å². The second kappa shape index (κ2) is 9.18. The lowest BCUT2D eigenvalue weighted by molar-refractivity contribution is 0.191. The van der Waals surface area contributed by atoms with Crippen LogP contribution in [-0.2, 0) is 6.42 Å². The molecule has 5 rings (SSSR count). The lowest BCUT2D eigenvalue weighted by Gasteiger charge is -2.19. The van der Waals surface area contributed by atoms with E-state index in [0.29, 0.717) is 33.4 Å². The zero-order valence-corrected chi connectivity index (χ0v) is 18.3. The third-order valence-corrected chi connectivity index (χ3v) is 5.56. The molecule has 4 N–H and O–H groups in total. The number of nitrogen functional groups attached to an aromatic ring is 1. The number of halogens is 1. The van der Waals surface area contributed by atoms with Crippen LogP contribution in [0.4, 0.5) is 15.0 Å². The molecule has 1 amide bonds. The van der Waals surface area contributed by atoms with Crippen LogP contribution in [0.1, 0.15) is 28.4 Å². The molecular formula is C25H20FN7O2. The summed E-state index contributed by atoms with van der Waals surface area (Å²) in [6.07, 6.45) is 2.15. The van der Waals surface area contributed by atoms with Crippen molar-refractivity contribution in [1.82, 2.24) is 30.0 Å². The molecule has 174 valence electrons. The van der Waals surface area contributed by atoms with E-state index in [1.54, 1.807) is 54.7 Å². The number of fused-ring (bicyclic) bond motifs is 1. The van der Waals surface area contributed by atoms with E-state index in [0.717, 1.165) is 0 Å². The Kier molecular flexibility index (Phi) is 5.76. The minimum absolute atomic E-state index is 0.0980. The molecule has 0 spiro atoms. The summed E-state index contributed by atoms with van der Waals surface area (Å²) in [7, 11) is 0. The Labute approximate surface area is 199 Å². The average molecular weight is 469 g/mol. The first-order chi connectivity index (χ1) is 17.0. The molecule has 10 heteroatoms. The van der Waals surface area contributed by atoms with Crippen molar-refractivity contribution < 1.29 is 14.3 Å². The fourth-order valence-corrected chi connectivity index (χ4v) is 3.93. The number of anilines is 1. The van der Waals surface area contributed by atoms with Gasteiger partial charge in [0.15, 0.2) is 0 Å². The molecular weight excluding hydrogens is 449 g/mol. The van der Waals surface area contributed by atoms with Gasteiger partial charge in [-0.2, -0.15) is 14.8 Å². The second-order valence-electron chi connectivity index (χ2n) is 7.80. The second-order valence-corrected chi connectivity index (χ2v) is 7.80. The van der Waals surface area contributed by atoms with E-state index in [1.165, 1.54) is 16.9 Å². The van der Waals surface area contributed by atoms with Crippen molar-refractivity contribution in [3.63, 3.8) is 0 Å². The van der Waals surface area contributed by atoms with Crippen LogP contribution < -0.4 is 11.1 Å². The summed E-state index contributed by atoms with van der Waals surface area (Å²) < 4.78 is 15.8. The minimum atomic E-state index is -1.20. The molecule has 35 heavy (non-hydrogen) atoms. The van der Waals surface area contributed by atoms with E-state index in [9.17, 15) is 14.3 Å². The zero-order valence-electron chi connectivity index (χ0n) is 18.3. The smallest absolute Gasteiger partial charge is 0.405 e. The predicted octanol–water partition coefficient (Wildman–Crippen LogP) is 3.88. The molecule has 0 saturated heterocycles. The van der Waals surface area contributed by atoms with E-state index in [4.69, 9.17) is 5.73 Å². The maximum Gasteiger partial charge on any atom is 0.405 e. The minimum Gasteiger partial charge on any atom is -0.465 e. The molecule has 0 aliphatic heterocycles. The molecule has 0 saturated carbocycles. The van der Waals surface area contributed by atoms with Crippen LogP contribution in [0.2, 0.25) is 0 Å². The van der Waals surface area contributed by atoms with Gasteiger partial charge in [0.05, 0.1) is 17.3 Å². The maximum absolute atomic E-state index is 14.3. The van der Waals surface area contributed by atoms with E-state index >= 15 is 0 Å². The van der Waals surface area contributed by atoms with E-state index in [1.807, 2.05) is 12.1 Å². The standard InChI is InChI=1S/C25H20FN7O2/c26-18-10-5-4-9-16(18)13-19-22-20(11-6-12-28-22)33(32-19)24-29-14-17(23(27)31-24)21(30-25(34)35)15-7-2-1-3-8-15/h1-12,14,21,30H,13H2,(H,34,35)(H2,27,29,31). The highest BCUT2D eigenvalue weighted by atomic mass is 19.1. The number of nitrogens with zero attached hydrogens (tertiary/aromatic N) is 5. The van der Waals surface area contributed by atoms with Crippen LogP contribution in [0.3, 0.4) is 0 Å². The fourth-order valence-electron chi connectivity index (χ4n) is 3.93. The third-order valence-electron chi connectivity index (χ3n) is 5.56. The Morgan fingerprint density at radius 2 is 1.83 bits per heavy atom. The number of rotatable bonds is 6. The van der Waals surface area contributed by atoms with Gasteiger partial charge in [-0.25, -0.2) is 14.2 Å². The highest BCUT2D eigenvalue weighted by Gasteiger charge is 2.22.